The van der Waals surface area contributed by atoms with Gasteiger partial charge in [0.05, 0.1) is 0 Å². The maximum atomic E-state index is 3.08. The Bertz CT molecular complexity index is 278. The molecular formula is C13H20. The van der Waals surface area contributed by atoms with Crippen molar-refractivity contribution in [2.75, 3.05) is 0 Å². The lowest BCUT2D eigenvalue weighted by Gasteiger charge is -2.07. The van der Waals surface area contributed by atoms with Crippen LogP contribution < -0.4 is 0 Å². The summed E-state index contributed by atoms with van der Waals surface area (Å²) in [6, 6.07) is 0. The van der Waals surface area contributed by atoms with Gasteiger partial charge in [-0.3, -0.25) is 0 Å². The topological polar surface area (TPSA) is 0 Å². The second-order valence-corrected chi connectivity index (χ2v) is 4.74. The Morgan fingerprint density at radius 1 is 1.23 bits per heavy atom. The van der Waals surface area contributed by atoms with Crippen LogP contribution in [0.3, 0.4) is 0 Å². The van der Waals surface area contributed by atoms with Crippen LogP contribution in [0.25, 0.3) is 0 Å². The summed E-state index contributed by atoms with van der Waals surface area (Å²) in [5, 5.41) is 0. The molecule has 0 bridgehead atoms. The van der Waals surface area contributed by atoms with Gasteiger partial charge in [0.1, 0.15) is 0 Å². The Morgan fingerprint density at radius 2 is 1.77 bits per heavy atom. The lowest BCUT2D eigenvalue weighted by Crippen LogP contribution is -1.96. The summed E-state index contributed by atoms with van der Waals surface area (Å²) in [7, 11) is 0. The number of rotatable bonds is 1. The summed E-state index contributed by atoms with van der Waals surface area (Å²) in [4.78, 5) is 0. The van der Waals surface area contributed by atoms with Crippen molar-refractivity contribution in [1.29, 1.82) is 0 Å². The van der Waals surface area contributed by atoms with E-state index in [-0.39, 0.29) is 5.41 Å². The first-order chi connectivity index (χ1) is 5.83. The molecule has 0 heterocycles. The van der Waals surface area contributed by atoms with Crippen LogP contribution in [0.2, 0.25) is 0 Å². The molecule has 0 spiro atoms. The molecule has 72 valence electrons. The molecule has 0 saturated heterocycles. The first-order valence-electron chi connectivity index (χ1n) is 4.77. The molecule has 0 nitrogen and oxygen atoms in total. The fraction of sp³-hybridized carbons (Fsp3) is 0.615. The van der Waals surface area contributed by atoms with Gasteiger partial charge >= 0.3 is 0 Å². The molecule has 0 aliphatic heterocycles. The zero-order chi connectivity index (χ0) is 10.5. The van der Waals surface area contributed by atoms with Gasteiger partial charge in [-0.1, -0.05) is 46.1 Å². The third-order valence-electron chi connectivity index (χ3n) is 1.70. The van der Waals surface area contributed by atoms with Crippen molar-refractivity contribution < 1.29 is 0 Å². The summed E-state index contributed by atoms with van der Waals surface area (Å²) in [6.07, 6.45) is 2.01. The van der Waals surface area contributed by atoms with Crippen LogP contribution in [-0.4, -0.2) is 0 Å². The maximum Gasteiger partial charge on any atom is -0.0121 e. The zero-order valence-electron chi connectivity index (χ0n) is 9.65. The van der Waals surface area contributed by atoms with Crippen LogP contribution >= 0.6 is 0 Å². The molecule has 0 aliphatic rings. The lowest BCUT2D eigenvalue weighted by atomic mass is 9.97. The molecule has 0 rings (SSSR count). The van der Waals surface area contributed by atoms with E-state index in [4.69, 9.17) is 0 Å². The van der Waals surface area contributed by atoms with E-state index in [0.29, 0.717) is 5.92 Å². The quantitative estimate of drug-likeness (QED) is 0.528. The highest BCUT2D eigenvalue weighted by Gasteiger charge is 2.01. The molecular weight excluding hydrogens is 156 g/mol. The van der Waals surface area contributed by atoms with Crippen molar-refractivity contribution in [2.24, 2.45) is 11.3 Å². The summed E-state index contributed by atoms with van der Waals surface area (Å²) in [5.41, 5.74) is 10.4. The second kappa shape index (κ2) is 4.95. The summed E-state index contributed by atoms with van der Waals surface area (Å²) < 4.78 is 0. The molecule has 0 aromatic rings. The minimum Gasteiger partial charge on any atom is -0.0653 e. The molecule has 0 radical (unpaired) electrons. The Labute approximate surface area is 82.4 Å². The highest BCUT2D eigenvalue weighted by atomic mass is 14.1. The highest BCUT2D eigenvalue weighted by Crippen LogP contribution is 2.12. The molecule has 0 heteroatoms. The van der Waals surface area contributed by atoms with E-state index < -0.39 is 0 Å². The van der Waals surface area contributed by atoms with Crippen molar-refractivity contribution in [3.05, 3.63) is 28.8 Å². The minimum absolute atomic E-state index is 0.181. The van der Waals surface area contributed by atoms with E-state index in [0.717, 1.165) is 0 Å². The van der Waals surface area contributed by atoms with Crippen LogP contribution in [-0.2, 0) is 0 Å². The smallest absolute Gasteiger partial charge is 0.0121 e. The van der Waals surface area contributed by atoms with Crippen molar-refractivity contribution in [3.63, 3.8) is 0 Å². The van der Waals surface area contributed by atoms with Crippen molar-refractivity contribution in [1.82, 2.24) is 0 Å². The molecule has 0 saturated carbocycles. The standard InChI is InChI=1S/C13H20/c1-11(2)12(3)9-7-8-10-13(4,5)6/h10-11H,1-6H3. The zero-order valence-corrected chi connectivity index (χ0v) is 9.65. The predicted octanol–water partition coefficient (Wildman–Crippen LogP) is 4.10. The van der Waals surface area contributed by atoms with Gasteiger partial charge in [0.25, 0.3) is 0 Å². The van der Waals surface area contributed by atoms with Crippen LogP contribution in [0.4, 0.5) is 0 Å². The predicted molar refractivity (Wildman–Crippen MR) is 58.6 cm³/mol. The van der Waals surface area contributed by atoms with Gasteiger partial charge in [-0.05, 0) is 35.6 Å². The fourth-order valence-corrected chi connectivity index (χ4v) is 0.532. The van der Waals surface area contributed by atoms with Crippen LogP contribution in [0.15, 0.2) is 28.8 Å². The Morgan fingerprint density at radius 3 is 2.15 bits per heavy atom. The molecule has 13 heavy (non-hydrogen) atoms. The van der Waals surface area contributed by atoms with Crippen LogP contribution in [0.5, 0.6) is 0 Å². The second-order valence-electron chi connectivity index (χ2n) is 4.74. The van der Waals surface area contributed by atoms with Crippen molar-refractivity contribution in [2.45, 2.75) is 41.5 Å². The third-order valence-corrected chi connectivity index (χ3v) is 1.70. The van der Waals surface area contributed by atoms with Gasteiger partial charge in [-0.15, -0.1) is 0 Å². The Kier molecular flexibility index (Phi) is 4.60. The van der Waals surface area contributed by atoms with Gasteiger partial charge in [-0.25, -0.2) is 0 Å². The number of allylic oxidation sites excluding steroid dienone is 2. The Balaban J connectivity index is 4.79. The SMILES string of the molecule is CC(=C=C=C=CC(C)(C)C)C(C)C. The van der Waals surface area contributed by atoms with E-state index in [2.05, 4.69) is 58.7 Å². The number of hydrogen-bond acceptors (Lipinski definition) is 0. The molecule has 0 aromatic heterocycles. The third kappa shape index (κ3) is 7.44. The molecule has 0 amide bonds. The van der Waals surface area contributed by atoms with Gasteiger partial charge in [0.15, 0.2) is 0 Å². The van der Waals surface area contributed by atoms with E-state index >= 15 is 0 Å². The van der Waals surface area contributed by atoms with Gasteiger partial charge in [0, 0.05) is 0 Å². The number of hydrogen-bond donors (Lipinski definition) is 0. The molecule has 0 atom stereocenters. The fourth-order valence-electron chi connectivity index (χ4n) is 0.532. The minimum atomic E-state index is 0.181. The molecule has 0 unspecified atom stereocenters. The van der Waals surface area contributed by atoms with Crippen molar-refractivity contribution in [3.8, 4) is 0 Å². The van der Waals surface area contributed by atoms with Crippen LogP contribution in [0, 0.1) is 11.3 Å². The van der Waals surface area contributed by atoms with Crippen LogP contribution in [0.1, 0.15) is 41.5 Å². The van der Waals surface area contributed by atoms with Gasteiger partial charge in [0.2, 0.25) is 0 Å². The maximum absolute atomic E-state index is 3.08. The molecule has 0 aromatic carbocycles. The normalized spacial score (nSPS) is 10.1. The lowest BCUT2D eigenvalue weighted by molar-refractivity contribution is 0.545. The summed E-state index contributed by atoms with van der Waals surface area (Å²) >= 11 is 0. The first kappa shape index (κ1) is 12.1. The highest BCUT2D eigenvalue weighted by molar-refractivity contribution is 5.01. The van der Waals surface area contributed by atoms with E-state index in [1.807, 2.05) is 6.08 Å². The molecule has 0 fully saturated rings. The molecule has 0 N–H and O–H groups in total. The monoisotopic (exact) mass is 176 g/mol. The average molecular weight is 176 g/mol. The first-order valence-corrected chi connectivity index (χ1v) is 4.77. The summed E-state index contributed by atoms with van der Waals surface area (Å²) in [5.74, 6) is 0.545. The van der Waals surface area contributed by atoms with E-state index in [1.165, 1.54) is 5.57 Å². The molecule has 0 aliphatic carbocycles. The van der Waals surface area contributed by atoms with Gasteiger partial charge in [-0.2, -0.15) is 0 Å². The van der Waals surface area contributed by atoms with E-state index in [1.54, 1.807) is 0 Å². The van der Waals surface area contributed by atoms with Crippen molar-refractivity contribution >= 4 is 0 Å². The summed E-state index contributed by atoms with van der Waals surface area (Å²) in [6.45, 7) is 12.8. The van der Waals surface area contributed by atoms with Gasteiger partial charge < -0.3 is 0 Å². The average Bonchev–Trinajstić information content (AvgIpc) is 1.95. The Hall–Kier alpha value is -0.920. The largest absolute Gasteiger partial charge is 0.0653 e. The van der Waals surface area contributed by atoms with E-state index in [9.17, 15) is 0 Å².